The molecule has 0 unspecified atom stereocenters. The van der Waals surface area contributed by atoms with Gasteiger partial charge in [0.25, 0.3) is 0 Å². The minimum atomic E-state index is -0.241. The van der Waals surface area contributed by atoms with Crippen molar-refractivity contribution in [1.29, 1.82) is 0 Å². The van der Waals surface area contributed by atoms with Gasteiger partial charge in [-0.05, 0) is 44.4 Å². The van der Waals surface area contributed by atoms with E-state index < -0.39 is 0 Å². The zero-order chi connectivity index (χ0) is 15.9. The van der Waals surface area contributed by atoms with Crippen molar-refractivity contribution in [3.05, 3.63) is 30.1 Å². The molecular formula is C17H25FN2O2. The fourth-order valence-electron chi connectivity index (χ4n) is 2.78. The first-order valence-electron chi connectivity index (χ1n) is 8.05. The molecule has 1 amide bonds. The third-order valence-electron chi connectivity index (χ3n) is 4.03. The van der Waals surface area contributed by atoms with Crippen molar-refractivity contribution in [2.24, 2.45) is 0 Å². The van der Waals surface area contributed by atoms with Gasteiger partial charge >= 0.3 is 6.09 Å². The van der Waals surface area contributed by atoms with Crippen LogP contribution in [0.2, 0.25) is 0 Å². The van der Waals surface area contributed by atoms with Gasteiger partial charge in [0.05, 0.1) is 6.61 Å². The zero-order valence-electron chi connectivity index (χ0n) is 13.3. The first-order valence-corrected chi connectivity index (χ1v) is 8.05. The number of hydrogen-bond acceptors (Lipinski definition) is 3. The van der Waals surface area contributed by atoms with Gasteiger partial charge in [-0.2, -0.15) is 0 Å². The molecule has 1 aliphatic heterocycles. The van der Waals surface area contributed by atoms with Crippen molar-refractivity contribution < 1.29 is 13.9 Å². The van der Waals surface area contributed by atoms with Crippen LogP contribution in [0.25, 0.3) is 0 Å². The molecular weight excluding hydrogens is 283 g/mol. The van der Waals surface area contributed by atoms with Crippen LogP contribution < -0.4 is 5.32 Å². The Morgan fingerprint density at radius 2 is 2.32 bits per heavy atom. The number of carbonyl (C=O) groups is 1. The van der Waals surface area contributed by atoms with Crippen LogP contribution >= 0.6 is 0 Å². The molecule has 1 fully saturated rings. The predicted molar refractivity (Wildman–Crippen MR) is 85.5 cm³/mol. The van der Waals surface area contributed by atoms with E-state index in [1.54, 1.807) is 11.0 Å². The highest BCUT2D eigenvalue weighted by molar-refractivity contribution is 5.68. The highest BCUT2D eigenvalue weighted by Crippen LogP contribution is 2.22. The summed E-state index contributed by atoms with van der Waals surface area (Å²) in [4.78, 5) is 13.8. The molecule has 0 radical (unpaired) electrons. The Balaban J connectivity index is 1.83. The van der Waals surface area contributed by atoms with E-state index in [2.05, 4.69) is 12.2 Å². The lowest BCUT2D eigenvalue weighted by molar-refractivity contribution is 0.0744. The third kappa shape index (κ3) is 4.61. The Bertz CT molecular complexity index is 495. The van der Waals surface area contributed by atoms with Gasteiger partial charge in [0, 0.05) is 24.3 Å². The van der Waals surface area contributed by atoms with Crippen molar-refractivity contribution >= 4 is 11.8 Å². The SMILES string of the molecule is CCCCOC(=O)N1CC[C@@H](Nc2cccc(F)c2)C[C@@H]1C. The zero-order valence-corrected chi connectivity index (χ0v) is 13.3. The van der Waals surface area contributed by atoms with Crippen molar-refractivity contribution in [2.75, 3.05) is 18.5 Å². The first kappa shape index (κ1) is 16.6. The van der Waals surface area contributed by atoms with Crippen LogP contribution in [0.1, 0.15) is 39.5 Å². The predicted octanol–water partition coefficient (Wildman–Crippen LogP) is 4.03. The molecule has 0 saturated carbocycles. The van der Waals surface area contributed by atoms with Gasteiger partial charge in [0.2, 0.25) is 0 Å². The summed E-state index contributed by atoms with van der Waals surface area (Å²) < 4.78 is 18.5. The Morgan fingerprint density at radius 3 is 3.00 bits per heavy atom. The van der Waals surface area contributed by atoms with E-state index in [1.807, 2.05) is 13.0 Å². The Kier molecular flexibility index (Phi) is 6.04. The van der Waals surface area contributed by atoms with Crippen LogP contribution in [0.15, 0.2) is 24.3 Å². The first-order chi connectivity index (χ1) is 10.6. The molecule has 5 heteroatoms. The maximum atomic E-state index is 13.2. The number of likely N-dealkylation sites (tertiary alicyclic amines) is 1. The fourth-order valence-corrected chi connectivity index (χ4v) is 2.78. The molecule has 122 valence electrons. The van der Waals surface area contributed by atoms with Crippen LogP contribution in [0.4, 0.5) is 14.9 Å². The van der Waals surface area contributed by atoms with Crippen molar-refractivity contribution in [1.82, 2.24) is 4.90 Å². The number of nitrogens with one attached hydrogen (secondary N) is 1. The van der Waals surface area contributed by atoms with Gasteiger partial charge in [-0.25, -0.2) is 9.18 Å². The maximum Gasteiger partial charge on any atom is 0.409 e. The number of piperidine rings is 1. The van der Waals surface area contributed by atoms with Gasteiger partial charge in [-0.3, -0.25) is 0 Å². The number of nitrogens with zero attached hydrogens (tertiary/aromatic N) is 1. The summed E-state index contributed by atoms with van der Waals surface area (Å²) in [6.45, 7) is 5.25. The topological polar surface area (TPSA) is 41.6 Å². The lowest BCUT2D eigenvalue weighted by Gasteiger charge is -2.37. The third-order valence-corrected chi connectivity index (χ3v) is 4.03. The van der Waals surface area contributed by atoms with E-state index in [0.29, 0.717) is 13.2 Å². The van der Waals surface area contributed by atoms with Crippen LogP contribution in [0.3, 0.4) is 0 Å². The molecule has 4 nitrogen and oxygen atoms in total. The van der Waals surface area contributed by atoms with Crippen LogP contribution in [-0.2, 0) is 4.74 Å². The monoisotopic (exact) mass is 308 g/mol. The molecule has 1 saturated heterocycles. The average Bonchev–Trinajstić information content (AvgIpc) is 2.47. The van der Waals surface area contributed by atoms with Crippen LogP contribution in [-0.4, -0.2) is 36.2 Å². The average molecular weight is 308 g/mol. The molecule has 1 heterocycles. The quantitative estimate of drug-likeness (QED) is 0.835. The molecule has 22 heavy (non-hydrogen) atoms. The minimum absolute atomic E-state index is 0.119. The normalized spacial score (nSPS) is 21.5. The number of unbranched alkanes of at least 4 members (excludes halogenated alkanes) is 1. The van der Waals surface area contributed by atoms with Crippen molar-refractivity contribution in [3.63, 3.8) is 0 Å². The summed E-state index contributed by atoms with van der Waals surface area (Å²) >= 11 is 0. The molecule has 0 spiro atoms. The number of ether oxygens (including phenoxy) is 1. The standard InChI is InChI=1S/C17H25FN2O2/c1-3-4-10-22-17(21)20-9-8-16(11-13(20)2)19-15-7-5-6-14(18)12-15/h5-7,12-13,16,19H,3-4,8-11H2,1-2H3/t13-,16+/m0/s1. The summed E-state index contributed by atoms with van der Waals surface area (Å²) in [6, 6.07) is 6.85. The molecule has 0 aromatic heterocycles. The van der Waals surface area contributed by atoms with Gasteiger partial charge in [-0.15, -0.1) is 0 Å². The van der Waals surface area contributed by atoms with E-state index in [4.69, 9.17) is 4.74 Å². The van der Waals surface area contributed by atoms with E-state index in [1.165, 1.54) is 12.1 Å². The lowest BCUT2D eigenvalue weighted by Crippen LogP contribution is -2.48. The van der Waals surface area contributed by atoms with E-state index in [9.17, 15) is 9.18 Å². The number of benzene rings is 1. The molecule has 1 aromatic carbocycles. The van der Waals surface area contributed by atoms with E-state index >= 15 is 0 Å². The maximum absolute atomic E-state index is 13.2. The molecule has 1 aliphatic rings. The summed E-state index contributed by atoms with van der Waals surface area (Å²) in [7, 11) is 0. The summed E-state index contributed by atoms with van der Waals surface area (Å²) in [5, 5.41) is 3.35. The highest BCUT2D eigenvalue weighted by Gasteiger charge is 2.29. The molecule has 2 atom stereocenters. The van der Waals surface area contributed by atoms with Gasteiger partial charge in [-0.1, -0.05) is 19.4 Å². The second-order valence-electron chi connectivity index (χ2n) is 5.89. The van der Waals surface area contributed by atoms with Gasteiger partial charge in [0.15, 0.2) is 0 Å². The van der Waals surface area contributed by atoms with Crippen LogP contribution in [0.5, 0.6) is 0 Å². The number of hydrogen-bond donors (Lipinski definition) is 1. The molecule has 0 bridgehead atoms. The number of rotatable bonds is 5. The van der Waals surface area contributed by atoms with Crippen molar-refractivity contribution in [3.8, 4) is 0 Å². The Morgan fingerprint density at radius 1 is 1.50 bits per heavy atom. The van der Waals surface area contributed by atoms with Gasteiger partial charge < -0.3 is 15.0 Å². The molecule has 2 rings (SSSR count). The molecule has 1 aromatic rings. The summed E-state index contributed by atoms with van der Waals surface area (Å²) in [5.41, 5.74) is 0.788. The van der Waals surface area contributed by atoms with Crippen LogP contribution in [0, 0.1) is 5.82 Å². The number of halogens is 1. The number of anilines is 1. The summed E-state index contributed by atoms with van der Waals surface area (Å²) in [5.74, 6) is -0.241. The number of amides is 1. The Labute approximate surface area is 131 Å². The largest absolute Gasteiger partial charge is 0.449 e. The van der Waals surface area contributed by atoms with E-state index in [0.717, 1.165) is 31.4 Å². The molecule has 1 N–H and O–H groups in total. The smallest absolute Gasteiger partial charge is 0.409 e. The second-order valence-corrected chi connectivity index (χ2v) is 5.89. The van der Waals surface area contributed by atoms with E-state index in [-0.39, 0.29) is 24.0 Å². The second kappa shape index (κ2) is 8.01. The highest BCUT2D eigenvalue weighted by atomic mass is 19.1. The minimum Gasteiger partial charge on any atom is -0.449 e. The lowest BCUT2D eigenvalue weighted by atomic mass is 9.98. The molecule has 0 aliphatic carbocycles. The van der Waals surface area contributed by atoms with Crippen molar-refractivity contribution in [2.45, 2.75) is 51.6 Å². The Hall–Kier alpha value is -1.78. The fraction of sp³-hybridized carbons (Fsp3) is 0.588. The summed E-state index contributed by atoms with van der Waals surface area (Å²) in [6.07, 6.45) is 3.37. The number of carbonyl (C=O) groups excluding carboxylic acids is 1. The van der Waals surface area contributed by atoms with Gasteiger partial charge in [0.1, 0.15) is 5.82 Å².